The van der Waals surface area contributed by atoms with Crippen molar-refractivity contribution < 1.29 is 14.0 Å². The van der Waals surface area contributed by atoms with E-state index < -0.39 is 0 Å². The molecule has 8 nitrogen and oxygen atoms in total. The molecule has 1 N–H and O–H groups in total. The summed E-state index contributed by atoms with van der Waals surface area (Å²) in [5.74, 6) is 0.759. The smallest absolute Gasteiger partial charge is 0.287 e. The van der Waals surface area contributed by atoms with Gasteiger partial charge in [-0.05, 0) is 44.0 Å². The number of aryl methyl sites for hydroxylation is 1. The Kier molecular flexibility index (Phi) is 4.92. The van der Waals surface area contributed by atoms with Gasteiger partial charge in [0, 0.05) is 43.3 Å². The lowest BCUT2D eigenvalue weighted by Crippen LogP contribution is -2.46. The number of rotatable bonds is 4. The Morgan fingerprint density at radius 3 is 2.64 bits per heavy atom. The molecule has 4 rings (SSSR count). The van der Waals surface area contributed by atoms with Gasteiger partial charge in [0.05, 0.1) is 11.8 Å². The highest BCUT2D eigenvalue weighted by atomic mass is 16.3. The van der Waals surface area contributed by atoms with Crippen LogP contribution in [0.15, 0.2) is 53.5 Å². The van der Waals surface area contributed by atoms with E-state index in [2.05, 4.69) is 15.4 Å². The van der Waals surface area contributed by atoms with Gasteiger partial charge in [-0.15, -0.1) is 0 Å². The van der Waals surface area contributed by atoms with Crippen LogP contribution in [0.4, 0.5) is 0 Å². The minimum Gasteiger partial charge on any atom is -0.459 e. The second-order valence-corrected chi connectivity index (χ2v) is 6.83. The minimum absolute atomic E-state index is 0.0290. The molecule has 3 aromatic rings. The molecule has 0 aliphatic carbocycles. The van der Waals surface area contributed by atoms with E-state index in [1.807, 2.05) is 13.0 Å². The summed E-state index contributed by atoms with van der Waals surface area (Å²) in [7, 11) is 0. The third-order valence-corrected chi connectivity index (χ3v) is 4.92. The molecule has 28 heavy (non-hydrogen) atoms. The summed E-state index contributed by atoms with van der Waals surface area (Å²) >= 11 is 0. The van der Waals surface area contributed by atoms with Crippen LogP contribution in [0.5, 0.6) is 0 Å². The van der Waals surface area contributed by atoms with E-state index in [1.54, 1.807) is 46.4 Å². The van der Waals surface area contributed by atoms with Gasteiger partial charge < -0.3 is 14.6 Å². The van der Waals surface area contributed by atoms with Crippen LogP contribution in [-0.2, 0) is 0 Å². The highest BCUT2D eigenvalue weighted by Gasteiger charge is 2.26. The number of hydrogen-bond donors (Lipinski definition) is 1. The van der Waals surface area contributed by atoms with Gasteiger partial charge in [-0.1, -0.05) is 0 Å². The molecule has 0 aromatic carbocycles. The number of pyridine rings is 1. The Bertz CT molecular complexity index is 954. The summed E-state index contributed by atoms with van der Waals surface area (Å²) in [6, 6.07) is 7.15. The van der Waals surface area contributed by atoms with Crippen LogP contribution < -0.4 is 5.32 Å². The fraction of sp³-hybridized carbons (Fsp3) is 0.300. The van der Waals surface area contributed by atoms with Crippen LogP contribution in [0.2, 0.25) is 0 Å². The van der Waals surface area contributed by atoms with Crippen molar-refractivity contribution in [3.05, 3.63) is 66.0 Å². The molecule has 1 fully saturated rings. The Labute approximate surface area is 162 Å². The first-order chi connectivity index (χ1) is 13.6. The van der Waals surface area contributed by atoms with Crippen LogP contribution in [0.25, 0.3) is 5.82 Å². The SMILES string of the molecule is Cc1ccoc1C(=O)NC1CCN(C(=O)c2ccc(-n3cccn3)nc2)CC1. The number of carbonyl (C=O) groups excluding carboxylic acids is 2. The Morgan fingerprint density at radius 2 is 2.04 bits per heavy atom. The molecule has 1 aliphatic heterocycles. The van der Waals surface area contributed by atoms with Gasteiger partial charge in [0.25, 0.3) is 11.8 Å². The first-order valence-corrected chi connectivity index (χ1v) is 9.22. The monoisotopic (exact) mass is 379 g/mol. The van der Waals surface area contributed by atoms with E-state index in [9.17, 15) is 9.59 Å². The van der Waals surface area contributed by atoms with Gasteiger partial charge in [0.2, 0.25) is 0 Å². The van der Waals surface area contributed by atoms with E-state index in [0.29, 0.717) is 43.1 Å². The van der Waals surface area contributed by atoms with Crippen molar-refractivity contribution in [2.45, 2.75) is 25.8 Å². The highest BCUT2D eigenvalue weighted by Crippen LogP contribution is 2.16. The molecule has 0 spiro atoms. The molecule has 1 aliphatic rings. The van der Waals surface area contributed by atoms with Crippen LogP contribution >= 0.6 is 0 Å². The summed E-state index contributed by atoms with van der Waals surface area (Å²) in [6.45, 7) is 3.01. The maximum Gasteiger partial charge on any atom is 0.287 e. The number of nitrogens with one attached hydrogen (secondary N) is 1. The first kappa shape index (κ1) is 18.0. The van der Waals surface area contributed by atoms with Crippen LogP contribution in [0, 0.1) is 6.92 Å². The Balaban J connectivity index is 1.32. The molecule has 1 saturated heterocycles. The molecule has 3 aromatic heterocycles. The van der Waals surface area contributed by atoms with Gasteiger partial charge in [0.15, 0.2) is 11.6 Å². The Morgan fingerprint density at radius 1 is 1.21 bits per heavy atom. The average Bonchev–Trinajstić information content (AvgIpc) is 3.40. The predicted octanol–water partition coefficient (Wildman–Crippen LogP) is 2.20. The van der Waals surface area contributed by atoms with Crippen LogP contribution in [-0.4, -0.2) is 50.6 Å². The third-order valence-electron chi connectivity index (χ3n) is 4.92. The fourth-order valence-electron chi connectivity index (χ4n) is 3.32. The van der Waals surface area contributed by atoms with Crippen LogP contribution in [0.3, 0.4) is 0 Å². The van der Waals surface area contributed by atoms with E-state index >= 15 is 0 Å². The minimum atomic E-state index is -0.203. The lowest BCUT2D eigenvalue weighted by Gasteiger charge is -2.32. The standard InChI is InChI=1S/C20H21N5O3/c1-14-7-12-28-18(14)19(26)23-16-5-10-24(11-6-16)20(27)15-3-4-17(21-13-15)25-9-2-8-22-25/h2-4,7-9,12-13,16H,5-6,10-11H2,1H3,(H,23,26). The van der Waals surface area contributed by atoms with Gasteiger partial charge in [-0.25, -0.2) is 9.67 Å². The number of carbonyl (C=O) groups is 2. The van der Waals surface area contributed by atoms with E-state index in [1.165, 1.54) is 6.26 Å². The molecular weight excluding hydrogens is 358 g/mol. The number of amides is 2. The van der Waals surface area contributed by atoms with Crippen molar-refractivity contribution in [3.8, 4) is 5.82 Å². The molecule has 144 valence electrons. The largest absolute Gasteiger partial charge is 0.459 e. The maximum atomic E-state index is 12.7. The van der Waals surface area contributed by atoms with Crippen molar-refractivity contribution in [1.82, 2.24) is 25.0 Å². The average molecular weight is 379 g/mol. The molecule has 2 amide bonds. The summed E-state index contributed by atoms with van der Waals surface area (Å²) in [4.78, 5) is 31.1. The van der Waals surface area contributed by atoms with E-state index in [-0.39, 0.29) is 17.9 Å². The Hall–Kier alpha value is -3.42. The molecule has 4 heterocycles. The van der Waals surface area contributed by atoms with Gasteiger partial charge >= 0.3 is 0 Å². The highest BCUT2D eigenvalue weighted by molar-refractivity contribution is 5.94. The topological polar surface area (TPSA) is 93.3 Å². The van der Waals surface area contributed by atoms with Crippen LogP contribution in [0.1, 0.15) is 39.3 Å². The maximum absolute atomic E-state index is 12.7. The first-order valence-electron chi connectivity index (χ1n) is 9.22. The normalized spacial score (nSPS) is 14.8. The van der Waals surface area contributed by atoms with E-state index in [4.69, 9.17) is 4.42 Å². The van der Waals surface area contributed by atoms with E-state index in [0.717, 1.165) is 5.56 Å². The van der Waals surface area contributed by atoms with Gasteiger partial charge in [0.1, 0.15) is 0 Å². The number of nitrogens with zero attached hydrogens (tertiary/aromatic N) is 4. The van der Waals surface area contributed by atoms with Crippen molar-refractivity contribution in [2.75, 3.05) is 13.1 Å². The summed E-state index contributed by atoms with van der Waals surface area (Å²) < 4.78 is 6.87. The number of hydrogen-bond acceptors (Lipinski definition) is 5. The molecule has 0 saturated carbocycles. The van der Waals surface area contributed by atoms with Gasteiger partial charge in [-0.2, -0.15) is 5.10 Å². The zero-order valence-electron chi connectivity index (χ0n) is 15.5. The third kappa shape index (κ3) is 3.66. The van der Waals surface area contributed by atoms with Crippen molar-refractivity contribution in [2.24, 2.45) is 0 Å². The molecule has 0 atom stereocenters. The summed E-state index contributed by atoms with van der Waals surface area (Å²) in [6.07, 6.45) is 7.97. The fourth-order valence-corrected chi connectivity index (χ4v) is 3.32. The predicted molar refractivity (Wildman–Crippen MR) is 101 cm³/mol. The molecular formula is C20H21N5O3. The number of likely N-dealkylation sites (tertiary alicyclic amines) is 1. The quantitative estimate of drug-likeness (QED) is 0.750. The number of furan rings is 1. The molecule has 0 bridgehead atoms. The molecule has 0 unspecified atom stereocenters. The second kappa shape index (κ2) is 7.67. The van der Waals surface area contributed by atoms with Crippen molar-refractivity contribution in [3.63, 3.8) is 0 Å². The summed E-state index contributed by atoms with van der Waals surface area (Å²) in [5, 5.41) is 7.12. The molecule has 0 radical (unpaired) electrons. The lowest BCUT2D eigenvalue weighted by atomic mass is 10.0. The lowest BCUT2D eigenvalue weighted by molar-refractivity contribution is 0.0695. The zero-order chi connectivity index (χ0) is 19.5. The molecule has 8 heteroatoms. The number of aromatic nitrogens is 3. The van der Waals surface area contributed by atoms with Crippen molar-refractivity contribution in [1.29, 1.82) is 0 Å². The zero-order valence-corrected chi connectivity index (χ0v) is 15.5. The van der Waals surface area contributed by atoms with Crippen molar-refractivity contribution >= 4 is 11.8 Å². The second-order valence-electron chi connectivity index (χ2n) is 6.83. The van der Waals surface area contributed by atoms with Gasteiger partial charge in [-0.3, -0.25) is 9.59 Å². The number of piperidine rings is 1. The summed E-state index contributed by atoms with van der Waals surface area (Å²) in [5.41, 5.74) is 1.36.